The number of anilines is 1. The molecule has 0 radical (unpaired) electrons. The number of aromatic nitrogens is 3. The zero-order valence-corrected chi connectivity index (χ0v) is 11.0. The van der Waals surface area contributed by atoms with E-state index in [1.54, 1.807) is 12.4 Å². The molecule has 0 amide bonds. The highest BCUT2D eigenvalue weighted by Crippen LogP contribution is 2.30. The van der Waals surface area contributed by atoms with E-state index in [4.69, 9.17) is 11.6 Å². The van der Waals surface area contributed by atoms with Crippen LogP contribution >= 0.6 is 11.6 Å². The van der Waals surface area contributed by atoms with Gasteiger partial charge in [0.05, 0.1) is 10.7 Å². The van der Waals surface area contributed by atoms with Gasteiger partial charge in [0, 0.05) is 50.3 Å². The molecule has 0 aromatic carbocycles. The Morgan fingerprint density at radius 1 is 1.39 bits per heavy atom. The summed E-state index contributed by atoms with van der Waals surface area (Å²) in [6.45, 7) is 5.16. The van der Waals surface area contributed by atoms with E-state index in [2.05, 4.69) is 19.4 Å². The van der Waals surface area contributed by atoms with Crippen LogP contribution in [0.25, 0.3) is 0 Å². The molecule has 0 unspecified atom stereocenters. The largest absolute Gasteiger partial charge is 0.369 e. The van der Waals surface area contributed by atoms with Crippen molar-refractivity contribution in [3.63, 3.8) is 0 Å². The van der Waals surface area contributed by atoms with Crippen LogP contribution in [-0.4, -0.2) is 27.6 Å². The van der Waals surface area contributed by atoms with E-state index < -0.39 is 0 Å². The maximum absolute atomic E-state index is 6.13. The van der Waals surface area contributed by atoms with Crippen molar-refractivity contribution >= 4 is 17.3 Å². The molecule has 3 rings (SSSR count). The molecule has 0 bridgehead atoms. The fourth-order valence-corrected chi connectivity index (χ4v) is 2.62. The van der Waals surface area contributed by atoms with Crippen LogP contribution in [-0.2, 0) is 6.54 Å². The van der Waals surface area contributed by atoms with E-state index >= 15 is 0 Å². The molecule has 2 aromatic heterocycles. The standard InChI is InChI=1S/C13H15ClN4/c1-10-16-4-5-17(10)7-11-8-18(9-11)13-2-3-15-6-12(13)14/h2-6,11H,7-9H2,1H3. The van der Waals surface area contributed by atoms with Gasteiger partial charge in [-0.2, -0.15) is 0 Å². The van der Waals surface area contributed by atoms with Crippen LogP contribution < -0.4 is 4.90 Å². The summed E-state index contributed by atoms with van der Waals surface area (Å²) in [6, 6.07) is 1.97. The molecule has 18 heavy (non-hydrogen) atoms. The number of aryl methyl sites for hydroxylation is 1. The van der Waals surface area contributed by atoms with Crippen LogP contribution in [0.3, 0.4) is 0 Å². The van der Waals surface area contributed by atoms with Crippen LogP contribution in [0.15, 0.2) is 30.9 Å². The lowest BCUT2D eigenvalue weighted by atomic mass is 9.99. The van der Waals surface area contributed by atoms with Gasteiger partial charge in [0.2, 0.25) is 0 Å². The number of imidazole rings is 1. The topological polar surface area (TPSA) is 34.0 Å². The molecular weight excluding hydrogens is 248 g/mol. The highest BCUT2D eigenvalue weighted by atomic mass is 35.5. The Hall–Kier alpha value is -1.55. The van der Waals surface area contributed by atoms with Gasteiger partial charge >= 0.3 is 0 Å². The van der Waals surface area contributed by atoms with Gasteiger partial charge in [-0.15, -0.1) is 0 Å². The molecule has 1 fully saturated rings. The molecule has 4 nitrogen and oxygen atoms in total. The summed E-state index contributed by atoms with van der Waals surface area (Å²) >= 11 is 6.13. The average Bonchev–Trinajstić information content (AvgIpc) is 2.70. The summed E-state index contributed by atoms with van der Waals surface area (Å²) in [5.41, 5.74) is 1.09. The van der Waals surface area contributed by atoms with Gasteiger partial charge < -0.3 is 9.47 Å². The van der Waals surface area contributed by atoms with Gasteiger partial charge in [0.15, 0.2) is 0 Å². The van der Waals surface area contributed by atoms with Gasteiger partial charge in [-0.25, -0.2) is 4.98 Å². The minimum atomic E-state index is 0.669. The summed E-state index contributed by atoms with van der Waals surface area (Å²) in [7, 11) is 0. The van der Waals surface area contributed by atoms with Crippen molar-refractivity contribution in [2.45, 2.75) is 13.5 Å². The first kappa shape index (κ1) is 11.5. The van der Waals surface area contributed by atoms with Gasteiger partial charge in [0.25, 0.3) is 0 Å². The monoisotopic (exact) mass is 262 g/mol. The molecule has 0 aliphatic carbocycles. The normalized spacial score (nSPS) is 15.8. The fraction of sp³-hybridized carbons (Fsp3) is 0.385. The second kappa shape index (κ2) is 4.61. The number of rotatable bonds is 3. The molecule has 5 heteroatoms. The third-order valence-corrected chi connectivity index (χ3v) is 3.72. The van der Waals surface area contributed by atoms with E-state index in [-0.39, 0.29) is 0 Å². The Balaban J connectivity index is 1.61. The van der Waals surface area contributed by atoms with Crippen molar-refractivity contribution in [3.05, 3.63) is 41.7 Å². The lowest BCUT2D eigenvalue weighted by molar-refractivity contribution is 0.354. The quantitative estimate of drug-likeness (QED) is 0.852. The third kappa shape index (κ3) is 2.08. The predicted molar refractivity (Wildman–Crippen MR) is 71.9 cm³/mol. The summed E-state index contributed by atoms with van der Waals surface area (Å²) in [6.07, 6.45) is 7.38. The van der Waals surface area contributed by atoms with Crippen molar-refractivity contribution < 1.29 is 0 Å². The molecule has 1 saturated heterocycles. The van der Waals surface area contributed by atoms with E-state index in [1.807, 2.05) is 25.4 Å². The van der Waals surface area contributed by atoms with Crippen LogP contribution in [0.1, 0.15) is 5.82 Å². The molecule has 3 heterocycles. The molecule has 0 N–H and O–H groups in total. The average molecular weight is 263 g/mol. The minimum absolute atomic E-state index is 0.669. The number of hydrogen-bond donors (Lipinski definition) is 0. The van der Waals surface area contributed by atoms with E-state index in [0.29, 0.717) is 5.92 Å². The van der Waals surface area contributed by atoms with Crippen molar-refractivity contribution in [1.82, 2.24) is 14.5 Å². The first-order chi connectivity index (χ1) is 8.74. The smallest absolute Gasteiger partial charge is 0.105 e. The highest BCUT2D eigenvalue weighted by molar-refractivity contribution is 6.33. The number of hydrogen-bond acceptors (Lipinski definition) is 3. The number of pyridine rings is 1. The molecule has 1 aliphatic heterocycles. The summed E-state index contributed by atoms with van der Waals surface area (Å²) in [5, 5.41) is 0.731. The SMILES string of the molecule is Cc1nccn1CC1CN(c2ccncc2Cl)C1. The predicted octanol–water partition coefficient (Wildman–Crippen LogP) is 2.38. The van der Waals surface area contributed by atoms with Gasteiger partial charge in [-0.1, -0.05) is 11.6 Å². The Morgan fingerprint density at radius 3 is 2.89 bits per heavy atom. The zero-order valence-electron chi connectivity index (χ0n) is 10.3. The van der Waals surface area contributed by atoms with E-state index in [9.17, 15) is 0 Å². The summed E-state index contributed by atoms with van der Waals surface area (Å²) in [5.74, 6) is 1.75. The zero-order chi connectivity index (χ0) is 12.5. The molecule has 2 aromatic rings. The van der Waals surface area contributed by atoms with Gasteiger partial charge in [0.1, 0.15) is 5.82 Å². The van der Waals surface area contributed by atoms with Crippen LogP contribution in [0.5, 0.6) is 0 Å². The maximum Gasteiger partial charge on any atom is 0.105 e. The Morgan fingerprint density at radius 2 is 2.22 bits per heavy atom. The highest BCUT2D eigenvalue weighted by Gasteiger charge is 2.28. The Kier molecular flexibility index (Phi) is 2.96. The number of nitrogens with zero attached hydrogens (tertiary/aromatic N) is 4. The van der Waals surface area contributed by atoms with Crippen LogP contribution in [0, 0.1) is 12.8 Å². The lowest BCUT2D eigenvalue weighted by Gasteiger charge is -2.41. The number of halogens is 1. The summed E-state index contributed by atoms with van der Waals surface area (Å²) in [4.78, 5) is 10.5. The van der Waals surface area contributed by atoms with E-state index in [0.717, 1.165) is 36.2 Å². The molecule has 0 spiro atoms. The minimum Gasteiger partial charge on any atom is -0.369 e. The summed E-state index contributed by atoms with van der Waals surface area (Å²) < 4.78 is 2.20. The Labute approximate surface area is 111 Å². The fourth-order valence-electron chi connectivity index (χ4n) is 2.38. The second-order valence-electron chi connectivity index (χ2n) is 4.72. The second-order valence-corrected chi connectivity index (χ2v) is 5.13. The van der Waals surface area contributed by atoms with Crippen molar-refractivity contribution in [1.29, 1.82) is 0 Å². The third-order valence-electron chi connectivity index (χ3n) is 3.43. The van der Waals surface area contributed by atoms with Crippen molar-refractivity contribution in [3.8, 4) is 0 Å². The maximum atomic E-state index is 6.13. The van der Waals surface area contributed by atoms with E-state index in [1.165, 1.54) is 0 Å². The van der Waals surface area contributed by atoms with Gasteiger partial charge in [-0.3, -0.25) is 4.98 Å². The van der Waals surface area contributed by atoms with Crippen LogP contribution in [0.2, 0.25) is 5.02 Å². The first-order valence-electron chi connectivity index (χ1n) is 6.06. The van der Waals surface area contributed by atoms with Crippen LogP contribution in [0.4, 0.5) is 5.69 Å². The molecule has 1 aliphatic rings. The molecule has 94 valence electrons. The lowest BCUT2D eigenvalue weighted by Crippen LogP contribution is -2.48. The molecule has 0 atom stereocenters. The molecule has 0 saturated carbocycles. The van der Waals surface area contributed by atoms with Crippen molar-refractivity contribution in [2.24, 2.45) is 5.92 Å². The Bertz CT molecular complexity index is 545. The first-order valence-corrected chi connectivity index (χ1v) is 6.44. The van der Waals surface area contributed by atoms with Crippen molar-refractivity contribution in [2.75, 3.05) is 18.0 Å². The molecular formula is C13H15ClN4. The van der Waals surface area contributed by atoms with Gasteiger partial charge in [-0.05, 0) is 13.0 Å².